The van der Waals surface area contributed by atoms with Gasteiger partial charge in [-0.3, -0.25) is 4.79 Å². The van der Waals surface area contributed by atoms with Crippen molar-refractivity contribution in [1.29, 1.82) is 0 Å². The summed E-state index contributed by atoms with van der Waals surface area (Å²) in [5.41, 5.74) is 2.09. The van der Waals surface area contributed by atoms with Crippen LogP contribution < -0.4 is 0 Å². The van der Waals surface area contributed by atoms with Gasteiger partial charge in [0.15, 0.2) is 0 Å². The van der Waals surface area contributed by atoms with E-state index in [2.05, 4.69) is 0 Å². The summed E-state index contributed by atoms with van der Waals surface area (Å²) in [5, 5.41) is 0.663. The van der Waals surface area contributed by atoms with Gasteiger partial charge in [0.1, 0.15) is 6.61 Å². The Balaban J connectivity index is 1.62. The lowest BCUT2D eigenvalue weighted by Gasteiger charge is -2.19. The standard InChI is InChI=1S/C19H18ClNO3/c20-16-9-6-14(7-10-16)8-11-18(22)21-17(13-24-19(21)23)12-15-4-2-1-3-5-15/h1-7,9-10,17H,8,11-13H2. The highest BCUT2D eigenvalue weighted by atomic mass is 35.5. The van der Waals surface area contributed by atoms with Crippen molar-refractivity contribution in [2.45, 2.75) is 25.3 Å². The molecule has 3 rings (SSSR count). The molecule has 1 aliphatic heterocycles. The van der Waals surface area contributed by atoms with E-state index in [0.717, 1.165) is 11.1 Å². The Morgan fingerprint density at radius 2 is 1.79 bits per heavy atom. The summed E-state index contributed by atoms with van der Waals surface area (Å²) in [4.78, 5) is 25.7. The summed E-state index contributed by atoms with van der Waals surface area (Å²) in [6.45, 7) is 0.250. The van der Waals surface area contributed by atoms with Crippen LogP contribution in [-0.2, 0) is 22.4 Å². The Morgan fingerprint density at radius 1 is 1.08 bits per heavy atom. The minimum absolute atomic E-state index is 0.201. The van der Waals surface area contributed by atoms with Gasteiger partial charge in [-0.25, -0.2) is 9.69 Å². The minimum Gasteiger partial charge on any atom is -0.447 e. The smallest absolute Gasteiger partial charge is 0.416 e. The maximum Gasteiger partial charge on any atom is 0.416 e. The van der Waals surface area contributed by atoms with Crippen LogP contribution in [0.3, 0.4) is 0 Å². The highest BCUT2D eigenvalue weighted by Crippen LogP contribution is 2.19. The second-order valence-electron chi connectivity index (χ2n) is 5.81. The molecule has 0 N–H and O–H groups in total. The van der Waals surface area contributed by atoms with Gasteiger partial charge in [0.05, 0.1) is 6.04 Å². The van der Waals surface area contributed by atoms with Crippen LogP contribution >= 0.6 is 11.6 Å². The number of imide groups is 1. The maximum atomic E-state index is 12.5. The van der Waals surface area contributed by atoms with E-state index in [1.165, 1.54) is 4.90 Å². The van der Waals surface area contributed by atoms with Crippen molar-refractivity contribution >= 4 is 23.6 Å². The average Bonchev–Trinajstić information content (AvgIpc) is 2.95. The van der Waals surface area contributed by atoms with Gasteiger partial charge in [-0.15, -0.1) is 0 Å². The molecule has 0 bridgehead atoms. The number of carbonyl (C=O) groups is 2. The van der Waals surface area contributed by atoms with Crippen molar-refractivity contribution < 1.29 is 14.3 Å². The third-order valence-electron chi connectivity index (χ3n) is 4.08. The van der Waals surface area contributed by atoms with Crippen LogP contribution in [-0.4, -0.2) is 29.5 Å². The van der Waals surface area contributed by atoms with Crippen LogP contribution in [0.5, 0.6) is 0 Å². The van der Waals surface area contributed by atoms with Crippen molar-refractivity contribution in [1.82, 2.24) is 4.90 Å². The molecule has 24 heavy (non-hydrogen) atoms. The molecule has 2 amide bonds. The van der Waals surface area contributed by atoms with Gasteiger partial charge in [0, 0.05) is 11.4 Å². The number of amides is 2. The Labute approximate surface area is 146 Å². The van der Waals surface area contributed by atoms with Crippen molar-refractivity contribution in [2.24, 2.45) is 0 Å². The summed E-state index contributed by atoms with van der Waals surface area (Å²) in [6, 6.07) is 16.9. The third-order valence-corrected chi connectivity index (χ3v) is 4.34. The second-order valence-corrected chi connectivity index (χ2v) is 6.25. The number of hydrogen-bond donors (Lipinski definition) is 0. The lowest BCUT2D eigenvalue weighted by molar-refractivity contribution is -0.129. The minimum atomic E-state index is -0.544. The molecule has 1 aliphatic rings. The van der Waals surface area contributed by atoms with Crippen LogP contribution in [0.4, 0.5) is 4.79 Å². The average molecular weight is 344 g/mol. The number of aryl methyl sites for hydroxylation is 1. The summed E-state index contributed by atoms with van der Waals surface area (Å²) >= 11 is 5.86. The zero-order valence-corrected chi connectivity index (χ0v) is 13.9. The fourth-order valence-electron chi connectivity index (χ4n) is 2.83. The number of hydrogen-bond acceptors (Lipinski definition) is 3. The summed E-state index contributed by atoms with van der Waals surface area (Å²) in [6.07, 6.45) is 0.899. The lowest BCUT2D eigenvalue weighted by atomic mass is 10.0. The van der Waals surface area contributed by atoms with Gasteiger partial charge in [-0.05, 0) is 36.1 Å². The van der Waals surface area contributed by atoms with Crippen LogP contribution in [0.1, 0.15) is 17.5 Å². The molecule has 0 spiro atoms. The molecule has 1 atom stereocenters. The molecule has 0 aromatic heterocycles. The number of benzene rings is 2. The van der Waals surface area contributed by atoms with E-state index in [-0.39, 0.29) is 25.0 Å². The molecule has 5 heteroatoms. The summed E-state index contributed by atoms with van der Waals surface area (Å²) in [5.74, 6) is -0.201. The van der Waals surface area contributed by atoms with Gasteiger partial charge in [0.25, 0.3) is 0 Å². The molecule has 2 aromatic carbocycles. The van der Waals surface area contributed by atoms with Gasteiger partial charge < -0.3 is 4.74 Å². The van der Waals surface area contributed by atoms with Crippen LogP contribution in [0.25, 0.3) is 0 Å². The van der Waals surface area contributed by atoms with Gasteiger partial charge in [-0.2, -0.15) is 0 Å². The van der Waals surface area contributed by atoms with E-state index >= 15 is 0 Å². The molecule has 1 unspecified atom stereocenters. The summed E-state index contributed by atoms with van der Waals surface area (Å²) < 4.78 is 5.09. The van der Waals surface area contributed by atoms with Gasteiger partial charge in [-0.1, -0.05) is 54.1 Å². The van der Waals surface area contributed by atoms with Crippen LogP contribution in [0, 0.1) is 0 Å². The van der Waals surface area contributed by atoms with Gasteiger partial charge in [0.2, 0.25) is 5.91 Å². The first-order valence-electron chi connectivity index (χ1n) is 7.90. The highest BCUT2D eigenvalue weighted by molar-refractivity contribution is 6.30. The topological polar surface area (TPSA) is 46.6 Å². The highest BCUT2D eigenvalue weighted by Gasteiger charge is 2.37. The Bertz CT molecular complexity index is 715. The van der Waals surface area contributed by atoms with E-state index in [1.54, 1.807) is 12.1 Å². The van der Waals surface area contributed by atoms with E-state index in [4.69, 9.17) is 16.3 Å². The largest absolute Gasteiger partial charge is 0.447 e. The number of ether oxygens (including phenoxy) is 1. The maximum absolute atomic E-state index is 12.5. The molecule has 1 saturated heterocycles. The molecular weight excluding hydrogens is 326 g/mol. The normalized spacial score (nSPS) is 17.0. The third kappa shape index (κ3) is 3.95. The Kier molecular flexibility index (Phi) is 5.16. The number of rotatable bonds is 5. The van der Waals surface area contributed by atoms with Crippen molar-refractivity contribution in [2.75, 3.05) is 6.61 Å². The summed E-state index contributed by atoms with van der Waals surface area (Å²) in [7, 11) is 0. The quantitative estimate of drug-likeness (QED) is 0.828. The molecule has 0 radical (unpaired) electrons. The fourth-order valence-corrected chi connectivity index (χ4v) is 2.95. The monoisotopic (exact) mass is 343 g/mol. The van der Waals surface area contributed by atoms with E-state index in [1.807, 2.05) is 42.5 Å². The molecule has 0 saturated carbocycles. The fraction of sp³-hybridized carbons (Fsp3) is 0.263. The number of cyclic esters (lactones) is 1. The number of nitrogens with zero attached hydrogens (tertiary/aromatic N) is 1. The van der Waals surface area contributed by atoms with E-state index in [0.29, 0.717) is 17.9 Å². The van der Waals surface area contributed by atoms with E-state index in [9.17, 15) is 9.59 Å². The first-order valence-corrected chi connectivity index (χ1v) is 8.28. The Hall–Kier alpha value is -2.33. The molecule has 1 fully saturated rings. The Morgan fingerprint density at radius 3 is 2.50 bits per heavy atom. The molecular formula is C19H18ClNO3. The number of halogens is 1. The first kappa shape index (κ1) is 16.5. The first-order chi connectivity index (χ1) is 11.6. The predicted octanol–water partition coefficient (Wildman–Crippen LogP) is 3.86. The lowest BCUT2D eigenvalue weighted by Crippen LogP contribution is -2.40. The number of carbonyl (C=O) groups excluding carboxylic acids is 2. The molecule has 124 valence electrons. The molecule has 2 aromatic rings. The van der Waals surface area contributed by atoms with Crippen molar-refractivity contribution in [3.63, 3.8) is 0 Å². The zero-order valence-electron chi connectivity index (χ0n) is 13.2. The van der Waals surface area contributed by atoms with Crippen LogP contribution in [0.2, 0.25) is 5.02 Å². The zero-order chi connectivity index (χ0) is 16.9. The molecule has 0 aliphatic carbocycles. The van der Waals surface area contributed by atoms with Crippen molar-refractivity contribution in [3.05, 3.63) is 70.7 Å². The van der Waals surface area contributed by atoms with E-state index < -0.39 is 6.09 Å². The van der Waals surface area contributed by atoms with Crippen molar-refractivity contribution in [3.8, 4) is 0 Å². The molecule has 1 heterocycles. The predicted molar refractivity (Wildman–Crippen MR) is 91.9 cm³/mol. The SMILES string of the molecule is O=C(CCc1ccc(Cl)cc1)N1C(=O)OCC1Cc1ccccc1. The van der Waals surface area contributed by atoms with Gasteiger partial charge >= 0.3 is 6.09 Å². The van der Waals surface area contributed by atoms with Crippen LogP contribution in [0.15, 0.2) is 54.6 Å². The molecule has 4 nitrogen and oxygen atoms in total. The second kappa shape index (κ2) is 7.49.